The molecule has 1 N–H and O–H groups in total. The Balaban J connectivity index is 2.16. The van der Waals surface area contributed by atoms with Gasteiger partial charge in [0.15, 0.2) is 5.17 Å². The Morgan fingerprint density at radius 3 is 2.88 bits per heavy atom. The van der Waals surface area contributed by atoms with E-state index in [0.29, 0.717) is 18.2 Å². The van der Waals surface area contributed by atoms with Gasteiger partial charge in [0.05, 0.1) is 6.54 Å². The number of aliphatic imine (C=N–C) groups is 1. The number of amides is 1. The normalized spacial score (nSPS) is 19.4. The van der Waals surface area contributed by atoms with Gasteiger partial charge < -0.3 is 10.2 Å². The van der Waals surface area contributed by atoms with Gasteiger partial charge in [-0.2, -0.15) is 0 Å². The van der Waals surface area contributed by atoms with Crippen molar-refractivity contribution >= 4 is 22.8 Å². The second-order valence-corrected chi connectivity index (χ2v) is 6.27. The van der Waals surface area contributed by atoms with Crippen molar-refractivity contribution in [2.24, 2.45) is 10.9 Å². The highest BCUT2D eigenvalue weighted by atomic mass is 32.2. The highest BCUT2D eigenvalue weighted by Crippen LogP contribution is 2.25. The number of thioether (sulfide) groups is 1. The minimum absolute atomic E-state index is 0.153. The first-order chi connectivity index (χ1) is 7.99. The maximum atomic E-state index is 11.4. The molecule has 1 atom stereocenters. The summed E-state index contributed by atoms with van der Waals surface area (Å²) in [6.45, 7) is 6.06. The summed E-state index contributed by atoms with van der Waals surface area (Å²) in [5.41, 5.74) is 0. The Hall–Kier alpha value is -0.710. The van der Waals surface area contributed by atoms with Crippen LogP contribution < -0.4 is 5.32 Å². The molecule has 0 fully saturated rings. The van der Waals surface area contributed by atoms with Crippen LogP contribution in [-0.4, -0.2) is 48.4 Å². The summed E-state index contributed by atoms with van der Waals surface area (Å²) in [7, 11) is 3.56. The molecule has 5 heteroatoms. The molecule has 0 aromatic rings. The molecule has 1 heterocycles. The number of amidine groups is 1. The lowest BCUT2D eigenvalue weighted by molar-refractivity contribution is -0.128. The lowest BCUT2D eigenvalue weighted by Gasteiger charge is -2.12. The summed E-state index contributed by atoms with van der Waals surface area (Å²) in [4.78, 5) is 17.4. The molecule has 1 rings (SSSR count). The van der Waals surface area contributed by atoms with Crippen molar-refractivity contribution in [3.8, 4) is 0 Å². The maximum absolute atomic E-state index is 11.4. The third-order valence-electron chi connectivity index (χ3n) is 2.57. The first-order valence-corrected chi connectivity index (χ1v) is 7.02. The zero-order valence-electron chi connectivity index (χ0n) is 11.2. The maximum Gasteiger partial charge on any atom is 0.223 e. The van der Waals surface area contributed by atoms with E-state index < -0.39 is 0 Å². The van der Waals surface area contributed by atoms with E-state index in [1.807, 2.05) is 11.8 Å². The van der Waals surface area contributed by atoms with Crippen molar-refractivity contribution in [2.45, 2.75) is 31.9 Å². The van der Waals surface area contributed by atoms with Gasteiger partial charge in [-0.25, -0.2) is 0 Å². The number of carbonyl (C=O) groups excluding carboxylic acids is 1. The molecular formula is C12H23N3OS. The lowest BCUT2D eigenvalue weighted by atomic mass is 10.1. The van der Waals surface area contributed by atoms with Gasteiger partial charge in [0.2, 0.25) is 5.91 Å². The van der Waals surface area contributed by atoms with Crippen LogP contribution in [0.4, 0.5) is 0 Å². The Labute approximate surface area is 108 Å². The average Bonchev–Trinajstić information content (AvgIpc) is 2.64. The number of nitrogens with zero attached hydrogens (tertiary/aromatic N) is 2. The molecule has 1 aliphatic rings. The van der Waals surface area contributed by atoms with Gasteiger partial charge in [-0.1, -0.05) is 25.6 Å². The van der Waals surface area contributed by atoms with Crippen LogP contribution in [0.3, 0.4) is 0 Å². The molecule has 4 nitrogen and oxygen atoms in total. The van der Waals surface area contributed by atoms with Gasteiger partial charge in [0.1, 0.15) is 0 Å². The van der Waals surface area contributed by atoms with E-state index in [0.717, 1.165) is 17.6 Å². The minimum atomic E-state index is 0.153. The topological polar surface area (TPSA) is 44.7 Å². The molecule has 0 aromatic heterocycles. The largest absolute Gasteiger partial charge is 0.364 e. The molecule has 0 saturated heterocycles. The van der Waals surface area contributed by atoms with Crippen molar-refractivity contribution in [2.75, 3.05) is 27.2 Å². The van der Waals surface area contributed by atoms with Crippen molar-refractivity contribution < 1.29 is 4.79 Å². The van der Waals surface area contributed by atoms with Crippen molar-refractivity contribution in [1.82, 2.24) is 10.2 Å². The van der Waals surface area contributed by atoms with Crippen LogP contribution in [0.25, 0.3) is 0 Å². The molecule has 0 aromatic carbocycles. The summed E-state index contributed by atoms with van der Waals surface area (Å²) < 4.78 is 0. The lowest BCUT2D eigenvalue weighted by Crippen LogP contribution is -2.28. The third-order valence-corrected chi connectivity index (χ3v) is 3.74. The van der Waals surface area contributed by atoms with Gasteiger partial charge >= 0.3 is 0 Å². The van der Waals surface area contributed by atoms with Crippen molar-refractivity contribution in [3.05, 3.63) is 0 Å². The van der Waals surface area contributed by atoms with Crippen LogP contribution >= 0.6 is 11.8 Å². The molecule has 0 radical (unpaired) electrons. The summed E-state index contributed by atoms with van der Waals surface area (Å²) in [5, 5.41) is 4.85. The fraction of sp³-hybridized carbons (Fsp3) is 0.833. The third kappa shape index (κ3) is 5.44. The number of nitrogens with one attached hydrogen (secondary N) is 1. The molecular weight excluding hydrogens is 234 g/mol. The van der Waals surface area contributed by atoms with Crippen molar-refractivity contribution in [1.29, 1.82) is 0 Å². The second kappa shape index (κ2) is 6.89. The predicted molar refractivity (Wildman–Crippen MR) is 74.4 cm³/mol. The number of hydrogen-bond acceptors (Lipinski definition) is 4. The first kappa shape index (κ1) is 14.4. The molecule has 1 amide bonds. The predicted octanol–water partition coefficient (Wildman–Crippen LogP) is 1.57. The minimum Gasteiger partial charge on any atom is -0.364 e. The molecule has 0 bridgehead atoms. The Morgan fingerprint density at radius 1 is 1.59 bits per heavy atom. The fourth-order valence-electron chi connectivity index (χ4n) is 1.66. The van der Waals surface area contributed by atoms with E-state index in [4.69, 9.17) is 0 Å². The van der Waals surface area contributed by atoms with E-state index in [2.05, 4.69) is 24.2 Å². The quantitative estimate of drug-likeness (QED) is 0.813. The molecule has 0 saturated carbocycles. The van der Waals surface area contributed by atoms with E-state index in [1.54, 1.807) is 19.0 Å². The standard InChI is InChI=1S/C12H23N3OS/c1-9(2)7-10-8-14-12(17-10)13-6-5-11(16)15(3)4/h9-10H,5-8H2,1-4H3,(H,13,14). The first-order valence-electron chi connectivity index (χ1n) is 6.14. The van der Waals surface area contributed by atoms with Crippen molar-refractivity contribution in [3.63, 3.8) is 0 Å². The van der Waals surface area contributed by atoms with Crippen LogP contribution in [0, 0.1) is 5.92 Å². The second-order valence-electron chi connectivity index (χ2n) is 4.98. The van der Waals surface area contributed by atoms with Crippen LogP contribution in [-0.2, 0) is 4.79 Å². The average molecular weight is 257 g/mol. The Kier molecular flexibility index (Phi) is 5.82. The SMILES string of the molecule is CC(C)CC1CN=C(NCCC(=O)N(C)C)S1. The molecule has 1 aliphatic heterocycles. The number of carbonyl (C=O) groups is 1. The van der Waals surface area contributed by atoms with Gasteiger partial charge in [-0.3, -0.25) is 9.79 Å². The van der Waals surface area contributed by atoms with Crippen LogP contribution in [0.1, 0.15) is 26.7 Å². The Morgan fingerprint density at radius 2 is 2.29 bits per heavy atom. The van der Waals surface area contributed by atoms with E-state index in [-0.39, 0.29) is 5.91 Å². The highest BCUT2D eigenvalue weighted by Gasteiger charge is 2.20. The van der Waals surface area contributed by atoms with Crippen LogP contribution in [0.15, 0.2) is 4.99 Å². The zero-order chi connectivity index (χ0) is 12.8. The van der Waals surface area contributed by atoms with Gasteiger partial charge in [-0.15, -0.1) is 0 Å². The monoisotopic (exact) mass is 257 g/mol. The molecule has 0 aliphatic carbocycles. The van der Waals surface area contributed by atoms with E-state index >= 15 is 0 Å². The fourth-order valence-corrected chi connectivity index (χ4v) is 2.94. The Bertz CT molecular complexity index is 289. The van der Waals surface area contributed by atoms with Crippen LogP contribution in [0.5, 0.6) is 0 Å². The van der Waals surface area contributed by atoms with E-state index in [9.17, 15) is 4.79 Å². The summed E-state index contributed by atoms with van der Waals surface area (Å²) in [6.07, 6.45) is 1.73. The van der Waals surface area contributed by atoms with Gasteiger partial charge in [0.25, 0.3) is 0 Å². The summed E-state index contributed by atoms with van der Waals surface area (Å²) >= 11 is 1.81. The molecule has 0 spiro atoms. The van der Waals surface area contributed by atoms with E-state index in [1.165, 1.54) is 6.42 Å². The zero-order valence-corrected chi connectivity index (χ0v) is 12.0. The summed E-state index contributed by atoms with van der Waals surface area (Å²) in [5.74, 6) is 0.872. The van der Waals surface area contributed by atoms with Crippen LogP contribution in [0.2, 0.25) is 0 Å². The number of hydrogen-bond donors (Lipinski definition) is 1. The highest BCUT2D eigenvalue weighted by molar-refractivity contribution is 8.14. The smallest absolute Gasteiger partial charge is 0.223 e. The number of rotatable bonds is 5. The molecule has 98 valence electrons. The van der Waals surface area contributed by atoms with Gasteiger partial charge in [0, 0.05) is 32.3 Å². The summed E-state index contributed by atoms with van der Waals surface area (Å²) in [6, 6.07) is 0. The molecule has 17 heavy (non-hydrogen) atoms. The van der Waals surface area contributed by atoms with Gasteiger partial charge in [-0.05, 0) is 12.3 Å². The molecule has 1 unspecified atom stereocenters.